The van der Waals surface area contributed by atoms with Crippen LogP contribution in [0.1, 0.15) is 29.8 Å². The maximum absolute atomic E-state index is 14.8. The molecular formula is C21H25ClFN3O4S2. The molecule has 1 saturated heterocycles. The van der Waals surface area contributed by atoms with Gasteiger partial charge in [0.2, 0.25) is 15.9 Å². The number of thiophene rings is 1. The van der Waals surface area contributed by atoms with Crippen LogP contribution in [0.5, 0.6) is 0 Å². The molecule has 2 atom stereocenters. The fraction of sp³-hybridized carbons (Fsp3) is 0.381. The van der Waals surface area contributed by atoms with Gasteiger partial charge in [0.25, 0.3) is 0 Å². The van der Waals surface area contributed by atoms with E-state index in [2.05, 4.69) is 4.72 Å². The van der Waals surface area contributed by atoms with Crippen LogP contribution in [0.4, 0.5) is 10.1 Å². The van der Waals surface area contributed by atoms with Crippen molar-refractivity contribution >= 4 is 50.6 Å². The predicted molar refractivity (Wildman–Crippen MR) is 126 cm³/mol. The van der Waals surface area contributed by atoms with Crippen molar-refractivity contribution in [1.82, 2.24) is 9.62 Å². The second-order valence-electron chi connectivity index (χ2n) is 7.53. The van der Waals surface area contributed by atoms with Crippen molar-refractivity contribution in [2.24, 2.45) is 0 Å². The van der Waals surface area contributed by atoms with Gasteiger partial charge in [0.15, 0.2) is 0 Å². The van der Waals surface area contributed by atoms with E-state index in [1.165, 1.54) is 34.4 Å². The molecule has 1 fully saturated rings. The lowest BCUT2D eigenvalue weighted by Crippen LogP contribution is -2.40. The number of benzene rings is 1. The molecule has 32 heavy (non-hydrogen) atoms. The Morgan fingerprint density at radius 1 is 1.41 bits per heavy atom. The number of amides is 1. The SMILES string of the molecule is CC(c1ccc(N2CCC(NS(=O)(=O)C=Cc3ccc(Cl)s3)C2=O)c(F)c1)N(C)CCO. The van der Waals surface area contributed by atoms with Crippen molar-refractivity contribution in [3.63, 3.8) is 0 Å². The first-order valence-electron chi connectivity index (χ1n) is 9.99. The number of hydrogen-bond acceptors (Lipinski definition) is 6. The zero-order valence-corrected chi connectivity index (χ0v) is 20.1. The molecule has 2 aromatic rings. The number of nitrogens with zero attached hydrogens (tertiary/aromatic N) is 2. The van der Waals surface area contributed by atoms with Gasteiger partial charge >= 0.3 is 0 Å². The minimum atomic E-state index is -3.87. The summed E-state index contributed by atoms with van der Waals surface area (Å²) in [5.41, 5.74) is 0.825. The summed E-state index contributed by atoms with van der Waals surface area (Å²) in [7, 11) is -2.04. The highest BCUT2D eigenvalue weighted by Crippen LogP contribution is 2.29. The zero-order valence-electron chi connectivity index (χ0n) is 17.7. The number of rotatable bonds is 9. The minimum Gasteiger partial charge on any atom is -0.395 e. The summed E-state index contributed by atoms with van der Waals surface area (Å²) in [5.74, 6) is -1.06. The number of aliphatic hydroxyl groups excluding tert-OH is 1. The van der Waals surface area contributed by atoms with Crippen molar-refractivity contribution < 1.29 is 22.7 Å². The summed E-state index contributed by atoms with van der Waals surface area (Å²) in [4.78, 5) is 16.6. The molecule has 0 saturated carbocycles. The molecule has 0 bridgehead atoms. The number of hydrogen-bond donors (Lipinski definition) is 2. The van der Waals surface area contributed by atoms with Gasteiger partial charge in [0.05, 0.1) is 16.6 Å². The van der Waals surface area contributed by atoms with E-state index in [4.69, 9.17) is 16.7 Å². The Bertz CT molecular complexity index is 1110. The molecule has 11 heteroatoms. The quantitative estimate of drug-likeness (QED) is 0.550. The van der Waals surface area contributed by atoms with Gasteiger partial charge in [-0.15, -0.1) is 11.3 Å². The van der Waals surface area contributed by atoms with E-state index in [0.717, 1.165) is 5.41 Å². The third kappa shape index (κ3) is 5.94. The second-order valence-corrected chi connectivity index (χ2v) is 10.9. The van der Waals surface area contributed by atoms with Crippen LogP contribution < -0.4 is 9.62 Å². The lowest BCUT2D eigenvalue weighted by Gasteiger charge is -2.25. The monoisotopic (exact) mass is 501 g/mol. The largest absolute Gasteiger partial charge is 0.395 e. The van der Waals surface area contributed by atoms with Crippen molar-refractivity contribution in [1.29, 1.82) is 0 Å². The zero-order chi connectivity index (χ0) is 23.5. The lowest BCUT2D eigenvalue weighted by molar-refractivity contribution is -0.118. The molecule has 2 unspecified atom stereocenters. The number of aliphatic hydroxyl groups is 1. The predicted octanol–water partition coefficient (Wildman–Crippen LogP) is 3.22. The van der Waals surface area contributed by atoms with Crippen molar-refractivity contribution in [3.8, 4) is 0 Å². The van der Waals surface area contributed by atoms with Gasteiger partial charge in [-0.1, -0.05) is 17.7 Å². The van der Waals surface area contributed by atoms with Crippen molar-refractivity contribution in [2.75, 3.05) is 31.6 Å². The van der Waals surface area contributed by atoms with E-state index >= 15 is 0 Å². The highest BCUT2D eigenvalue weighted by molar-refractivity contribution is 7.92. The van der Waals surface area contributed by atoms with Crippen LogP contribution in [0, 0.1) is 5.82 Å². The van der Waals surface area contributed by atoms with E-state index in [1.807, 2.05) is 18.9 Å². The Labute approximate surface area is 196 Å². The molecule has 174 valence electrons. The maximum atomic E-state index is 14.8. The Hall–Kier alpha value is -1.82. The molecule has 1 aliphatic heterocycles. The third-order valence-electron chi connectivity index (χ3n) is 5.38. The van der Waals surface area contributed by atoms with Gasteiger partial charge in [0, 0.05) is 29.4 Å². The number of likely N-dealkylation sites (N-methyl/N-ethyl adjacent to an activating group) is 1. The first-order valence-corrected chi connectivity index (χ1v) is 12.7. The first kappa shape index (κ1) is 24.8. The topological polar surface area (TPSA) is 90.0 Å². The molecule has 1 aromatic heterocycles. The molecule has 0 radical (unpaired) electrons. The number of carbonyl (C=O) groups is 1. The minimum absolute atomic E-state index is 0.00274. The Morgan fingerprint density at radius 2 is 2.16 bits per heavy atom. The standard InChI is InChI=1S/C21H25ClFN3O4S2/c1-14(25(2)10-11-27)15-3-5-19(17(23)13-15)26-9-7-18(21(26)28)24-32(29,30)12-8-16-4-6-20(22)31-16/h3-6,8,12-14,18,24,27H,7,9-11H2,1-2H3. The molecule has 2 N–H and O–H groups in total. The van der Waals surface area contributed by atoms with E-state index in [1.54, 1.807) is 18.2 Å². The van der Waals surface area contributed by atoms with E-state index in [-0.39, 0.29) is 31.3 Å². The number of halogens is 2. The Kier molecular flexibility index (Phi) is 8.07. The van der Waals surface area contributed by atoms with Crippen LogP contribution in [0.15, 0.2) is 35.7 Å². The highest BCUT2D eigenvalue weighted by atomic mass is 35.5. The van der Waals surface area contributed by atoms with Gasteiger partial charge in [-0.3, -0.25) is 9.69 Å². The number of sulfonamides is 1. The summed E-state index contributed by atoms with van der Waals surface area (Å²) in [6.07, 6.45) is 1.64. The van der Waals surface area contributed by atoms with Gasteiger partial charge < -0.3 is 10.0 Å². The van der Waals surface area contributed by atoms with E-state index in [0.29, 0.717) is 21.3 Å². The molecule has 1 aromatic carbocycles. The molecule has 0 aliphatic carbocycles. The van der Waals surface area contributed by atoms with Crippen LogP contribution in [0.3, 0.4) is 0 Å². The van der Waals surface area contributed by atoms with Gasteiger partial charge in [-0.05, 0) is 56.3 Å². The highest BCUT2D eigenvalue weighted by Gasteiger charge is 2.36. The summed E-state index contributed by atoms with van der Waals surface area (Å²) in [5, 5.41) is 10.1. The van der Waals surface area contributed by atoms with Gasteiger partial charge in [-0.2, -0.15) is 4.72 Å². The van der Waals surface area contributed by atoms with Crippen LogP contribution in [-0.4, -0.2) is 57.1 Å². The van der Waals surface area contributed by atoms with E-state index < -0.39 is 27.8 Å². The van der Waals surface area contributed by atoms with Crippen LogP contribution in [-0.2, 0) is 14.8 Å². The van der Waals surface area contributed by atoms with Crippen LogP contribution in [0.25, 0.3) is 6.08 Å². The second kappa shape index (κ2) is 10.4. The average Bonchev–Trinajstić information content (AvgIpc) is 3.31. The Morgan fingerprint density at radius 3 is 2.78 bits per heavy atom. The summed E-state index contributed by atoms with van der Waals surface area (Å²) < 4.78 is 42.5. The normalized spacial score (nSPS) is 18.2. The molecule has 1 aliphatic rings. The molecule has 0 spiro atoms. The average molecular weight is 502 g/mol. The third-order valence-corrected chi connectivity index (χ3v) is 7.68. The van der Waals surface area contributed by atoms with Crippen molar-refractivity contribution in [2.45, 2.75) is 25.4 Å². The van der Waals surface area contributed by atoms with Gasteiger partial charge in [-0.25, -0.2) is 12.8 Å². The van der Waals surface area contributed by atoms with Crippen molar-refractivity contribution in [3.05, 3.63) is 56.3 Å². The molecule has 1 amide bonds. The number of carbonyl (C=O) groups excluding carboxylic acids is 1. The van der Waals surface area contributed by atoms with Gasteiger partial charge in [0.1, 0.15) is 11.9 Å². The summed E-state index contributed by atoms with van der Waals surface area (Å²) >= 11 is 7.07. The van der Waals surface area contributed by atoms with E-state index in [9.17, 15) is 17.6 Å². The summed E-state index contributed by atoms with van der Waals surface area (Å²) in [6, 6.07) is 6.90. The Balaban J connectivity index is 1.69. The smallest absolute Gasteiger partial charge is 0.245 e. The fourth-order valence-electron chi connectivity index (χ4n) is 3.45. The maximum Gasteiger partial charge on any atom is 0.245 e. The molecule has 2 heterocycles. The summed E-state index contributed by atoms with van der Waals surface area (Å²) in [6.45, 7) is 2.54. The van der Waals surface area contributed by atoms with Crippen LogP contribution in [0.2, 0.25) is 4.34 Å². The lowest BCUT2D eigenvalue weighted by atomic mass is 10.1. The number of nitrogens with one attached hydrogen (secondary N) is 1. The molecule has 3 rings (SSSR count). The molecule has 7 nitrogen and oxygen atoms in total. The van der Waals surface area contributed by atoms with Crippen LogP contribution >= 0.6 is 22.9 Å². The number of anilines is 1. The first-order chi connectivity index (χ1) is 15.1. The fourth-order valence-corrected chi connectivity index (χ4v) is 5.52. The molecular weight excluding hydrogens is 477 g/mol.